The molecule has 1 aliphatic heterocycles. The zero-order valence-electron chi connectivity index (χ0n) is 43.5. The first-order valence-electron chi connectivity index (χ1n) is 27.8. The first kappa shape index (κ1) is 44.8. The van der Waals surface area contributed by atoms with E-state index in [0.717, 1.165) is 55.5 Å². The van der Waals surface area contributed by atoms with E-state index in [1.54, 1.807) is 0 Å². The van der Waals surface area contributed by atoms with Gasteiger partial charge >= 0.3 is 0 Å². The number of para-hydroxylation sites is 2. The van der Waals surface area contributed by atoms with Gasteiger partial charge in [-0.15, -0.1) is 0 Å². The highest BCUT2D eigenvalue weighted by molar-refractivity contribution is 6.26. The molecule has 1 aromatic heterocycles. The summed E-state index contributed by atoms with van der Waals surface area (Å²) in [6.07, 6.45) is 8.71. The highest BCUT2D eigenvalue weighted by atomic mass is 16.5. The molecule has 15 aromatic rings. The van der Waals surface area contributed by atoms with Crippen LogP contribution >= 0.6 is 0 Å². The number of fused-ring (bicyclic) bond motifs is 12. The molecule has 17 rings (SSSR count). The van der Waals surface area contributed by atoms with Gasteiger partial charge in [-0.05, 0) is 133 Å². The van der Waals surface area contributed by atoms with E-state index < -0.39 is 0 Å². The monoisotopic (exact) mass is 1020 g/mol. The van der Waals surface area contributed by atoms with Crippen molar-refractivity contribution in [3.05, 3.63) is 285 Å². The van der Waals surface area contributed by atoms with Crippen molar-refractivity contribution in [2.75, 3.05) is 0 Å². The number of ether oxygens (including phenoxy) is 1. The van der Waals surface area contributed by atoms with Crippen molar-refractivity contribution in [2.24, 2.45) is 0 Å². The molecule has 372 valence electrons. The summed E-state index contributed by atoms with van der Waals surface area (Å²) in [6, 6.07) is 93.8. The Hall–Kier alpha value is -10.3. The van der Waals surface area contributed by atoms with E-state index >= 15 is 0 Å². The Morgan fingerprint density at radius 2 is 0.713 bits per heavy atom. The molecule has 80 heavy (non-hydrogen) atoms. The summed E-state index contributed by atoms with van der Waals surface area (Å²) in [7, 11) is 0. The van der Waals surface area contributed by atoms with Crippen molar-refractivity contribution < 1.29 is 9.15 Å². The molecule has 2 unspecified atom stereocenters. The van der Waals surface area contributed by atoms with Gasteiger partial charge in [0.2, 0.25) is 0 Å². The van der Waals surface area contributed by atoms with Crippen LogP contribution in [0.2, 0.25) is 0 Å². The van der Waals surface area contributed by atoms with Crippen LogP contribution in [0.1, 0.15) is 11.5 Å². The average molecular weight is 1020 g/mol. The zero-order chi connectivity index (χ0) is 52.4. The second-order valence-corrected chi connectivity index (χ2v) is 21.6. The number of rotatable bonds is 6. The molecule has 0 bridgehead atoms. The molecule has 2 heterocycles. The molecule has 2 nitrogen and oxygen atoms in total. The maximum atomic E-state index is 6.93. The first-order valence-corrected chi connectivity index (χ1v) is 27.8. The molecule has 0 saturated heterocycles. The van der Waals surface area contributed by atoms with Crippen LogP contribution < -0.4 is 4.74 Å². The lowest BCUT2D eigenvalue weighted by atomic mass is 9.83. The minimum Gasteiger partial charge on any atom is -0.484 e. The van der Waals surface area contributed by atoms with E-state index in [-0.39, 0.29) is 12.0 Å². The summed E-state index contributed by atoms with van der Waals surface area (Å²) >= 11 is 0. The van der Waals surface area contributed by atoms with Gasteiger partial charge in [-0.2, -0.15) is 0 Å². The van der Waals surface area contributed by atoms with E-state index in [4.69, 9.17) is 9.15 Å². The largest absolute Gasteiger partial charge is 0.484 e. The number of hydrogen-bond acceptors (Lipinski definition) is 2. The quantitative estimate of drug-likeness (QED) is 0.155. The Morgan fingerprint density at radius 1 is 0.275 bits per heavy atom. The van der Waals surface area contributed by atoms with Crippen molar-refractivity contribution in [3.63, 3.8) is 0 Å². The van der Waals surface area contributed by atoms with Crippen LogP contribution in [0.25, 0.3) is 153 Å². The maximum absolute atomic E-state index is 6.93. The summed E-state index contributed by atoms with van der Waals surface area (Å²) in [5.41, 5.74) is 17.3. The lowest BCUT2D eigenvalue weighted by Crippen LogP contribution is -2.15. The molecule has 2 heteroatoms. The maximum Gasteiger partial charge on any atom is 0.143 e. The molecular weight excluding hydrogens is 969 g/mol. The Morgan fingerprint density at radius 3 is 1.36 bits per heavy atom. The predicted molar refractivity (Wildman–Crippen MR) is 337 cm³/mol. The number of furan rings is 1. The van der Waals surface area contributed by atoms with Crippen LogP contribution in [0.15, 0.2) is 284 Å². The van der Waals surface area contributed by atoms with E-state index in [1.165, 1.54) is 109 Å². The van der Waals surface area contributed by atoms with E-state index in [1.807, 2.05) is 0 Å². The minimum absolute atomic E-state index is 0.00595. The van der Waals surface area contributed by atoms with Crippen LogP contribution in [-0.4, -0.2) is 6.10 Å². The van der Waals surface area contributed by atoms with Crippen LogP contribution in [0.5, 0.6) is 5.75 Å². The number of benzene rings is 14. The van der Waals surface area contributed by atoms with Gasteiger partial charge in [0, 0.05) is 38.9 Å². The van der Waals surface area contributed by atoms with Crippen LogP contribution in [0, 0.1) is 0 Å². The summed E-state index contributed by atoms with van der Waals surface area (Å²) in [5.74, 6) is 1.20. The molecule has 1 aliphatic carbocycles. The summed E-state index contributed by atoms with van der Waals surface area (Å²) in [6.45, 7) is 0. The molecule has 2 atom stereocenters. The summed E-state index contributed by atoms with van der Waals surface area (Å²) < 4.78 is 13.7. The lowest BCUT2D eigenvalue weighted by molar-refractivity contribution is 0.270. The van der Waals surface area contributed by atoms with E-state index in [2.05, 4.69) is 279 Å². The summed E-state index contributed by atoms with van der Waals surface area (Å²) in [4.78, 5) is 0. The van der Waals surface area contributed by atoms with Gasteiger partial charge in [-0.3, -0.25) is 0 Å². The molecule has 0 N–H and O–H groups in total. The molecule has 2 aliphatic rings. The van der Waals surface area contributed by atoms with Crippen LogP contribution in [0.3, 0.4) is 0 Å². The fraction of sp³-hybridized carbons (Fsp3) is 0.0256. The molecular formula is C78H48O2. The van der Waals surface area contributed by atoms with Crippen molar-refractivity contribution >= 4 is 86.6 Å². The van der Waals surface area contributed by atoms with Gasteiger partial charge in [-0.1, -0.05) is 261 Å². The van der Waals surface area contributed by atoms with Crippen molar-refractivity contribution in [3.8, 4) is 72.5 Å². The van der Waals surface area contributed by atoms with Crippen molar-refractivity contribution in [2.45, 2.75) is 12.0 Å². The molecule has 0 amide bonds. The average Bonchev–Trinajstić information content (AvgIpc) is 4.22. The highest BCUT2D eigenvalue weighted by Crippen LogP contribution is 2.53. The third kappa shape index (κ3) is 6.66. The number of hydrogen-bond donors (Lipinski definition) is 0. The molecule has 14 aromatic carbocycles. The standard InChI is InChI=1S/C78H48O2/c1-2-20-51-48(18-1)19-13-33-56(51)74-60-24-5-3-22-58(60)73(59-23-4-6-25-61(59)74)49-42-40-47(41-43-49)50-44-45-72-70(46-50)68-37-16-35-66(77(68)80-72)54-32-14-31-53-52(54)30-15-34-57(53)75-62-26-7-9-28-64(62)76(65-29-10-8-27-63(65)75)69-38-17-36-67-55-21-11-12-39-71(55)79-78(67)69/h1-46,55,71H. The Kier molecular flexibility index (Phi) is 9.87. The fourth-order valence-corrected chi connectivity index (χ4v) is 13.9. The van der Waals surface area contributed by atoms with Crippen molar-refractivity contribution in [1.29, 1.82) is 0 Å². The first-order chi connectivity index (χ1) is 39.7. The fourth-order valence-electron chi connectivity index (χ4n) is 13.9. The lowest BCUT2D eigenvalue weighted by Gasteiger charge is -2.20. The van der Waals surface area contributed by atoms with Crippen molar-refractivity contribution in [1.82, 2.24) is 0 Å². The third-order valence-corrected chi connectivity index (χ3v) is 17.4. The van der Waals surface area contributed by atoms with E-state index in [0.29, 0.717) is 0 Å². The van der Waals surface area contributed by atoms with Gasteiger partial charge < -0.3 is 9.15 Å². The number of allylic oxidation sites excluding steroid dienone is 2. The minimum atomic E-state index is 0.00595. The van der Waals surface area contributed by atoms with Crippen LogP contribution in [-0.2, 0) is 0 Å². The normalized spacial score (nSPS) is 14.8. The van der Waals surface area contributed by atoms with Gasteiger partial charge in [0.15, 0.2) is 0 Å². The van der Waals surface area contributed by atoms with Gasteiger partial charge in [0.05, 0.1) is 0 Å². The smallest absolute Gasteiger partial charge is 0.143 e. The Bertz CT molecular complexity index is 5050. The highest BCUT2D eigenvalue weighted by Gasteiger charge is 2.35. The van der Waals surface area contributed by atoms with Gasteiger partial charge in [0.1, 0.15) is 23.0 Å². The topological polar surface area (TPSA) is 22.4 Å². The third-order valence-electron chi connectivity index (χ3n) is 17.4. The van der Waals surface area contributed by atoms with Crippen LogP contribution in [0.4, 0.5) is 0 Å². The second kappa shape index (κ2) is 17.6. The Balaban J connectivity index is 0.765. The van der Waals surface area contributed by atoms with E-state index in [9.17, 15) is 0 Å². The molecule has 0 fully saturated rings. The Labute approximate surface area is 462 Å². The zero-order valence-corrected chi connectivity index (χ0v) is 43.5. The molecule has 0 saturated carbocycles. The van der Waals surface area contributed by atoms with Gasteiger partial charge in [-0.25, -0.2) is 0 Å². The molecule has 0 spiro atoms. The summed E-state index contributed by atoms with van der Waals surface area (Å²) in [5, 5.41) is 16.9. The second-order valence-electron chi connectivity index (χ2n) is 21.6. The SMILES string of the molecule is C1=CC2Oc3c(-c4c5ccccc5c(-c5cccc6c(-c7cccc8c7oc7ccc(-c9ccc(-c%10c%11ccccc%11c(-c%11cccc%12ccccc%11%12)c%11ccccc%10%11)cc9)cc78)cccc56)c5ccccc45)cccc3C2C=C1. The molecule has 0 radical (unpaired) electrons. The van der Waals surface area contributed by atoms with Gasteiger partial charge in [0.25, 0.3) is 0 Å². The predicted octanol–water partition coefficient (Wildman–Crippen LogP) is 21.5.